The highest BCUT2D eigenvalue weighted by Gasteiger charge is 2.61. The number of fused-ring (bicyclic) bond motifs is 1. The molecule has 0 saturated carbocycles. The molecule has 1 saturated heterocycles. The van der Waals surface area contributed by atoms with Crippen molar-refractivity contribution in [2.75, 3.05) is 0 Å². The van der Waals surface area contributed by atoms with Crippen molar-refractivity contribution in [2.45, 2.75) is 77.2 Å². The van der Waals surface area contributed by atoms with Gasteiger partial charge in [-0.2, -0.15) is 0 Å². The van der Waals surface area contributed by atoms with Gasteiger partial charge in [-0.05, 0) is 46.6 Å². The van der Waals surface area contributed by atoms with Gasteiger partial charge < -0.3 is 24.1 Å². The lowest BCUT2D eigenvalue weighted by molar-refractivity contribution is -0.332. The number of ether oxygens (including phenoxy) is 4. The second-order valence-corrected chi connectivity index (χ2v) is 8.47. The number of aliphatic hydroxyl groups excluding tert-OH is 1. The van der Waals surface area contributed by atoms with Crippen LogP contribution in [0, 0.1) is 0 Å². The molecule has 3 rings (SSSR count). The Labute approximate surface area is 191 Å². The number of hydrogen-bond donors (Lipinski definition) is 1. The van der Waals surface area contributed by atoms with Crippen LogP contribution in [0.4, 0.5) is 0 Å². The van der Waals surface area contributed by atoms with Gasteiger partial charge in [-0.25, -0.2) is 4.79 Å². The van der Waals surface area contributed by atoms with E-state index in [4.69, 9.17) is 18.9 Å². The molecule has 1 N–H and O–H groups in total. The van der Waals surface area contributed by atoms with Crippen LogP contribution in [0.5, 0.6) is 0 Å². The lowest BCUT2D eigenvalue weighted by Crippen LogP contribution is -2.64. The summed E-state index contributed by atoms with van der Waals surface area (Å²) in [5, 5.41) is 10.8. The van der Waals surface area contributed by atoms with E-state index >= 15 is 0 Å². The second-order valence-electron chi connectivity index (χ2n) is 8.47. The molecule has 5 unspecified atom stereocenters. The summed E-state index contributed by atoms with van der Waals surface area (Å²) in [6.07, 6.45) is 4.90. The fourth-order valence-corrected chi connectivity index (χ4v) is 4.05. The van der Waals surface area contributed by atoms with Gasteiger partial charge in [0, 0.05) is 18.1 Å². The third-order valence-electron chi connectivity index (χ3n) is 5.88. The molecule has 0 aromatic rings. The van der Waals surface area contributed by atoms with Gasteiger partial charge >= 0.3 is 11.9 Å². The Morgan fingerprint density at radius 2 is 1.94 bits per heavy atom. The summed E-state index contributed by atoms with van der Waals surface area (Å²) >= 11 is 0. The molecule has 2 aliphatic heterocycles. The van der Waals surface area contributed by atoms with Crippen LogP contribution in [0.2, 0.25) is 0 Å². The number of ketones is 2. The van der Waals surface area contributed by atoms with Crippen molar-refractivity contribution in [3.05, 3.63) is 47.3 Å². The maximum atomic E-state index is 13.2. The van der Waals surface area contributed by atoms with Crippen molar-refractivity contribution >= 4 is 23.5 Å². The van der Waals surface area contributed by atoms with Crippen LogP contribution in [-0.4, -0.2) is 58.3 Å². The lowest BCUT2D eigenvalue weighted by atomic mass is 9.75. The van der Waals surface area contributed by atoms with E-state index in [1.807, 2.05) is 0 Å². The van der Waals surface area contributed by atoms with Crippen molar-refractivity contribution in [3.63, 3.8) is 0 Å². The summed E-state index contributed by atoms with van der Waals surface area (Å²) < 4.78 is 22.5. The summed E-state index contributed by atoms with van der Waals surface area (Å²) in [6.45, 7) is 7.38. The standard InChI is InChI=1S/C24H28O9/c1-6-7-8-13(2)22(29)31-21-16-11-19(27)23(5,33-15(4)25)20(28)17(16)12-30-24(21)18(26)10-9-14(3)32-24/h6-8,11-12,14,18,21,26H,9-10H2,1-5H3. The minimum atomic E-state index is -2.08. The molecular formula is C24H28O9. The van der Waals surface area contributed by atoms with Crippen LogP contribution in [-0.2, 0) is 38.1 Å². The van der Waals surface area contributed by atoms with Crippen molar-refractivity contribution < 1.29 is 43.2 Å². The average molecular weight is 460 g/mol. The zero-order valence-electron chi connectivity index (χ0n) is 19.2. The number of rotatable bonds is 4. The first-order valence-electron chi connectivity index (χ1n) is 10.7. The summed E-state index contributed by atoms with van der Waals surface area (Å²) in [4.78, 5) is 50.5. The number of allylic oxidation sites excluding steroid dienone is 3. The highest BCUT2D eigenvalue weighted by atomic mass is 16.7. The number of Topliss-reactive ketones (excluding diaryl/α,β-unsaturated/α-hetero) is 1. The third kappa shape index (κ3) is 4.30. The summed E-state index contributed by atoms with van der Waals surface area (Å²) in [6, 6.07) is 0. The number of carbonyl (C=O) groups is 4. The first kappa shape index (κ1) is 24.6. The average Bonchev–Trinajstić information content (AvgIpc) is 2.75. The zero-order valence-corrected chi connectivity index (χ0v) is 19.2. The summed E-state index contributed by atoms with van der Waals surface area (Å²) in [5.74, 6) is -5.02. The molecule has 178 valence electrons. The van der Waals surface area contributed by atoms with E-state index in [9.17, 15) is 24.3 Å². The van der Waals surface area contributed by atoms with Crippen LogP contribution in [0.15, 0.2) is 47.3 Å². The van der Waals surface area contributed by atoms with Crippen LogP contribution < -0.4 is 0 Å². The van der Waals surface area contributed by atoms with Crippen molar-refractivity contribution in [1.82, 2.24) is 0 Å². The van der Waals surface area contributed by atoms with Crippen LogP contribution in [0.1, 0.15) is 47.5 Å². The molecule has 3 aliphatic rings. The van der Waals surface area contributed by atoms with E-state index in [1.165, 1.54) is 6.92 Å². The van der Waals surface area contributed by atoms with Crippen LogP contribution in [0.25, 0.3) is 0 Å². The van der Waals surface area contributed by atoms with Gasteiger partial charge in [0.05, 0.1) is 17.9 Å². The predicted molar refractivity (Wildman–Crippen MR) is 114 cm³/mol. The number of hydrogen-bond acceptors (Lipinski definition) is 9. The van der Waals surface area contributed by atoms with Gasteiger partial charge in [-0.15, -0.1) is 0 Å². The molecular weight excluding hydrogens is 432 g/mol. The summed E-state index contributed by atoms with van der Waals surface area (Å²) in [5.41, 5.74) is -1.92. The molecule has 5 atom stereocenters. The highest BCUT2D eigenvalue weighted by Crippen LogP contribution is 2.45. The van der Waals surface area contributed by atoms with Gasteiger partial charge in [-0.1, -0.05) is 18.2 Å². The van der Waals surface area contributed by atoms with E-state index in [0.29, 0.717) is 6.42 Å². The Morgan fingerprint density at radius 1 is 1.24 bits per heavy atom. The fourth-order valence-electron chi connectivity index (χ4n) is 4.05. The lowest BCUT2D eigenvalue weighted by Gasteiger charge is -2.49. The van der Waals surface area contributed by atoms with Gasteiger partial charge in [-0.3, -0.25) is 14.4 Å². The number of esters is 2. The van der Waals surface area contributed by atoms with Crippen LogP contribution >= 0.6 is 0 Å². The molecule has 0 bridgehead atoms. The SMILES string of the molecule is CC=CC=C(C)C(=O)OC1C2=CC(=O)C(C)(OC(C)=O)C(=O)C2=COC12OC(C)CCC2O. The fraction of sp³-hybridized carbons (Fsp3) is 0.500. The molecule has 1 fully saturated rings. The monoisotopic (exact) mass is 460 g/mol. The maximum absolute atomic E-state index is 13.2. The predicted octanol–water partition coefficient (Wildman–Crippen LogP) is 1.99. The molecule has 1 spiro atoms. The van der Waals surface area contributed by atoms with E-state index in [0.717, 1.165) is 19.3 Å². The molecule has 33 heavy (non-hydrogen) atoms. The molecule has 0 aromatic carbocycles. The topological polar surface area (TPSA) is 125 Å². The quantitative estimate of drug-likeness (QED) is 0.290. The second kappa shape index (κ2) is 9.07. The molecule has 2 heterocycles. The smallest absolute Gasteiger partial charge is 0.334 e. The molecule has 9 heteroatoms. The highest BCUT2D eigenvalue weighted by molar-refractivity contribution is 6.26. The normalized spacial score (nSPS) is 34.4. The van der Waals surface area contributed by atoms with E-state index in [1.54, 1.807) is 39.0 Å². The first-order chi connectivity index (χ1) is 15.5. The summed E-state index contributed by atoms with van der Waals surface area (Å²) in [7, 11) is 0. The third-order valence-corrected chi connectivity index (χ3v) is 5.88. The Kier molecular flexibility index (Phi) is 6.76. The largest absolute Gasteiger partial charge is 0.462 e. The van der Waals surface area contributed by atoms with E-state index in [2.05, 4.69) is 0 Å². The Morgan fingerprint density at radius 3 is 2.58 bits per heavy atom. The van der Waals surface area contributed by atoms with Crippen molar-refractivity contribution in [3.8, 4) is 0 Å². The molecule has 0 aromatic heterocycles. The van der Waals surface area contributed by atoms with E-state index < -0.39 is 47.1 Å². The molecule has 0 radical (unpaired) electrons. The van der Waals surface area contributed by atoms with Crippen molar-refractivity contribution in [2.24, 2.45) is 0 Å². The van der Waals surface area contributed by atoms with Gasteiger partial charge in [0.1, 0.15) is 6.10 Å². The van der Waals surface area contributed by atoms with Crippen molar-refractivity contribution in [1.29, 1.82) is 0 Å². The van der Waals surface area contributed by atoms with E-state index in [-0.39, 0.29) is 29.2 Å². The van der Waals surface area contributed by atoms with Crippen LogP contribution in [0.3, 0.4) is 0 Å². The first-order valence-corrected chi connectivity index (χ1v) is 10.7. The minimum Gasteiger partial charge on any atom is -0.462 e. The molecule has 9 nitrogen and oxygen atoms in total. The molecule has 0 amide bonds. The zero-order chi connectivity index (χ0) is 24.6. The minimum absolute atomic E-state index is 0.0150. The molecule has 1 aliphatic carbocycles. The maximum Gasteiger partial charge on any atom is 0.334 e. The Balaban J connectivity index is 2.11. The van der Waals surface area contributed by atoms with Gasteiger partial charge in [0.15, 0.2) is 6.10 Å². The number of carbonyl (C=O) groups excluding carboxylic acids is 4. The van der Waals surface area contributed by atoms with Gasteiger partial charge in [0.25, 0.3) is 5.79 Å². The number of aliphatic hydroxyl groups is 1. The van der Waals surface area contributed by atoms with Gasteiger partial charge in [0.2, 0.25) is 17.2 Å². The Bertz CT molecular complexity index is 1000. The Hall–Kier alpha value is -3.04.